The molecule has 0 radical (unpaired) electrons. The Bertz CT molecular complexity index is 840. The Morgan fingerprint density at radius 1 is 0.588 bits per heavy atom. The van der Waals surface area contributed by atoms with Crippen LogP contribution in [0.3, 0.4) is 0 Å². The van der Waals surface area contributed by atoms with E-state index in [1.807, 2.05) is 11.3 Å². The Labute approximate surface area is 103 Å². The van der Waals surface area contributed by atoms with Crippen LogP contribution in [0, 0.1) is 0 Å². The van der Waals surface area contributed by atoms with Gasteiger partial charge < -0.3 is 0 Å². The molecule has 0 aliphatic carbocycles. The standard InChI is InChI=1S/C16H10S/c1-2-4-13-11(3-1)5-8-15-14(13)7-6-12-9-10-17-16(12)15/h1-10H. The van der Waals surface area contributed by atoms with E-state index in [0.29, 0.717) is 0 Å². The molecule has 17 heavy (non-hydrogen) atoms. The molecule has 0 atom stereocenters. The Hall–Kier alpha value is -1.86. The lowest BCUT2D eigenvalue weighted by Crippen LogP contribution is -1.77. The minimum absolute atomic E-state index is 1.32. The van der Waals surface area contributed by atoms with Gasteiger partial charge in [0.05, 0.1) is 0 Å². The number of rotatable bonds is 0. The smallest absolute Gasteiger partial charge is 0.0421 e. The van der Waals surface area contributed by atoms with Crippen LogP contribution in [0.5, 0.6) is 0 Å². The van der Waals surface area contributed by atoms with E-state index >= 15 is 0 Å². The zero-order valence-electron chi connectivity index (χ0n) is 9.18. The summed E-state index contributed by atoms with van der Waals surface area (Å²) in [5.74, 6) is 0. The zero-order chi connectivity index (χ0) is 11.2. The fraction of sp³-hybridized carbons (Fsp3) is 0. The van der Waals surface area contributed by atoms with Crippen molar-refractivity contribution in [2.24, 2.45) is 0 Å². The lowest BCUT2D eigenvalue weighted by molar-refractivity contribution is 1.80. The van der Waals surface area contributed by atoms with Crippen LogP contribution in [-0.4, -0.2) is 0 Å². The number of benzene rings is 3. The van der Waals surface area contributed by atoms with Crippen LogP contribution in [0.1, 0.15) is 0 Å². The third-order valence-electron chi connectivity index (χ3n) is 3.34. The number of fused-ring (bicyclic) bond motifs is 5. The molecule has 0 N–H and O–H groups in total. The molecule has 80 valence electrons. The summed E-state index contributed by atoms with van der Waals surface area (Å²) < 4.78 is 1.40. The lowest BCUT2D eigenvalue weighted by Gasteiger charge is -2.04. The van der Waals surface area contributed by atoms with E-state index in [9.17, 15) is 0 Å². The van der Waals surface area contributed by atoms with E-state index in [0.717, 1.165) is 0 Å². The van der Waals surface area contributed by atoms with Crippen molar-refractivity contribution in [2.75, 3.05) is 0 Å². The fourth-order valence-electron chi connectivity index (χ4n) is 2.52. The number of thiophene rings is 1. The molecule has 1 heterocycles. The monoisotopic (exact) mass is 234 g/mol. The molecule has 0 unspecified atom stereocenters. The maximum Gasteiger partial charge on any atom is 0.0421 e. The van der Waals surface area contributed by atoms with Gasteiger partial charge in [0, 0.05) is 10.1 Å². The number of hydrogen-bond donors (Lipinski definition) is 0. The molecule has 3 aromatic carbocycles. The van der Waals surface area contributed by atoms with Crippen LogP contribution >= 0.6 is 11.3 Å². The molecule has 4 rings (SSSR count). The second kappa shape index (κ2) is 3.31. The average molecular weight is 234 g/mol. The number of hydrogen-bond acceptors (Lipinski definition) is 1. The van der Waals surface area contributed by atoms with Crippen LogP contribution in [0.15, 0.2) is 60.0 Å². The van der Waals surface area contributed by atoms with E-state index < -0.39 is 0 Å². The molecule has 0 nitrogen and oxygen atoms in total. The van der Waals surface area contributed by atoms with Gasteiger partial charge in [-0.1, -0.05) is 48.5 Å². The molecule has 0 fully saturated rings. The van der Waals surface area contributed by atoms with Crippen LogP contribution in [0.2, 0.25) is 0 Å². The van der Waals surface area contributed by atoms with Gasteiger partial charge in [0.15, 0.2) is 0 Å². The highest BCUT2D eigenvalue weighted by Crippen LogP contribution is 2.33. The van der Waals surface area contributed by atoms with E-state index in [1.165, 1.54) is 31.6 Å². The van der Waals surface area contributed by atoms with E-state index in [-0.39, 0.29) is 0 Å². The van der Waals surface area contributed by atoms with Crippen LogP contribution in [0.4, 0.5) is 0 Å². The molecular formula is C16H10S. The second-order valence-electron chi connectivity index (χ2n) is 4.29. The summed E-state index contributed by atoms with van der Waals surface area (Å²) >= 11 is 1.83. The quantitative estimate of drug-likeness (QED) is 0.366. The highest BCUT2D eigenvalue weighted by atomic mass is 32.1. The van der Waals surface area contributed by atoms with Gasteiger partial charge in [0.25, 0.3) is 0 Å². The van der Waals surface area contributed by atoms with Crippen molar-refractivity contribution in [1.82, 2.24) is 0 Å². The first-order chi connectivity index (χ1) is 8.43. The Kier molecular flexibility index (Phi) is 1.79. The van der Waals surface area contributed by atoms with Gasteiger partial charge in [0.2, 0.25) is 0 Å². The SMILES string of the molecule is c1ccc2c(c1)ccc1c2ccc2ccsc21. The van der Waals surface area contributed by atoms with Gasteiger partial charge in [-0.15, -0.1) is 11.3 Å². The van der Waals surface area contributed by atoms with Gasteiger partial charge in [-0.2, -0.15) is 0 Å². The third kappa shape index (κ3) is 1.23. The lowest BCUT2D eigenvalue weighted by atomic mass is 10.0. The molecule has 0 saturated heterocycles. The summed E-state index contributed by atoms with van der Waals surface area (Å²) in [5, 5.41) is 8.91. The third-order valence-corrected chi connectivity index (χ3v) is 4.30. The molecule has 0 saturated carbocycles. The van der Waals surface area contributed by atoms with Crippen molar-refractivity contribution in [3.05, 3.63) is 60.0 Å². The Balaban J connectivity index is 2.34. The molecule has 0 spiro atoms. The summed E-state index contributed by atoms with van der Waals surface area (Å²) in [6, 6.07) is 19.7. The summed E-state index contributed by atoms with van der Waals surface area (Å²) in [5.41, 5.74) is 0. The van der Waals surface area contributed by atoms with E-state index in [1.54, 1.807) is 0 Å². The van der Waals surface area contributed by atoms with E-state index in [2.05, 4.69) is 60.0 Å². The first-order valence-electron chi connectivity index (χ1n) is 5.71. The predicted molar refractivity (Wildman–Crippen MR) is 76.8 cm³/mol. The average Bonchev–Trinajstić information content (AvgIpc) is 2.86. The topological polar surface area (TPSA) is 0 Å². The van der Waals surface area contributed by atoms with Crippen LogP contribution < -0.4 is 0 Å². The molecule has 0 aliphatic heterocycles. The van der Waals surface area contributed by atoms with Gasteiger partial charge in [-0.05, 0) is 33.0 Å². The first kappa shape index (κ1) is 9.20. The predicted octanol–water partition coefficient (Wildman–Crippen LogP) is 5.21. The van der Waals surface area contributed by atoms with Gasteiger partial charge >= 0.3 is 0 Å². The molecule has 1 aromatic heterocycles. The summed E-state index contributed by atoms with van der Waals surface area (Å²) in [6.07, 6.45) is 0. The molecule has 4 aromatic rings. The van der Waals surface area contributed by atoms with Crippen molar-refractivity contribution in [3.63, 3.8) is 0 Å². The van der Waals surface area contributed by atoms with Crippen LogP contribution in [0.25, 0.3) is 31.6 Å². The zero-order valence-corrected chi connectivity index (χ0v) is 10.00. The summed E-state index contributed by atoms with van der Waals surface area (Å²) in [4.78, 5) is 0. The minimum atomic E-state index is 1.32. The van der Waals surface area contributed by atoms with Crippen molar-refractivity contribution in [3.8, 4) is 0 Å². The molecule has 1 heteroatoms. The van der Waals surface area contributed by atoms with Crippen molar-refractivity contribution in [2.45, 2.75) is 0 Å². The van der Waals surface area contributed by atoms with Crippen LogP contribution in [-0.2, 0) is 0 Å². The molecule has 0 bridgehead atoms. The summed E-state index contributed by atoms with van der Waals surface area (Å²) in [6.45, 7) is 0. The van der Waals surface area contributed by atoms with E-state index in [4.69, 9.17) is 0 Å². The highest BCUT2D eigenvalue weighted by molar-refractivity contribution is 7.18. The van der Waals surface area contributed by atoms with Gasteiger partial charge in [0.1, 0.15) is 0 Å². The first-order valence-corrected chi connectivity index (χ1v) is 6.59. The minimum Gasteiger partial charge on any atom is -0.143 e. The largest absolute Gasteiger partial charge is 0.143 e. The molecule has 0 aliphatic rings. The highest BCUT2D eigenvalue weighted by Gasteiger charge is 2.04. The van der Waals surface area contributed by atoms with Crippen molar-refractivity contribution < 1.29 is 0 Å². The Morgan fingerprint density at radius 2 is 1.41 bits per heavy atom. The maximum absolute atomic E-state index is 2.25. The Morgan fingerprint density at radius 3 is 2.41 bits per heavy atom. The molecule has 0 amide bonds. The fourth-order valence-corrected chi connectivity index (χ4v) is 3.44. The van der Waals surface area contributed by atoms with Gasteiger partial charge in [-0.25, -0.2) is 0 Å². The molecular weight excluding hydrogens is 224 g/mol. The van der Waals surface area contributed by atoms with Crippen molar-refractivity contribution >= 4 is 43.0 Å². The van der Waals surface area contributed by atoms with Crippen molar-refractivity contribution in [1.29, 1.82) is 0 Å². The van der Waals surface area contributed by atoms with Gasteiger partial charge in [-0.3, -0.25) is 0 Å². The second-order valence-corrected chi connectivity index (χ2v) is 5.20. The maximum atomic E-state index is 2.25. The normalized spacial score (nSPS) is 11.5. The summed E-state index contributed by atoms with van der Waals surface area (Å²) in [7, 11) is 0.